The van der Waals surface area contributed by atoms with Gasteiger partial charge in [-0.25, -0.2) is 13.1 Å². The highest BCUT2D eigenvalue weighted by Crippen LogP contribution is 2.64. The van der Waals surface area contributed by atoms with Gasteiger partial charge >= 0.3 is 0 Å². The van der Waals surface area contributed by atoms with E-state index in [4.69, 9.17) is 0 Å². The van der Waals surface area contributed by atoms with Gasteiger partial charge in [-0.1, -0.05) is 25.2 Å². The average molecular weight is 288 g/mol. The van der Waals surface area contributed by atoms with Gasteiger partial charge in [0.25, 0.3) is 6.65 Å². The van der Waals surface area contributed by atoms with Gasteiger partial charge in [0.1, 0.15) is 0 Å². The molecular weight excluding hydrogens is 267 g/mol. The molecule has 0 aliphatic carbocycles. The van der Waals surface area contributed by atoms with Crippen molar-refractivity contribution in [2.75, 3.05) is 27.4 Å². The predicted molar refractivity (Wildman–Crippen MR) is 71.2 cm³/mol. The summed E-state index contributed by atoms with van der Waals surface area (Å²) >= 11 is 1.22. The van der Waals surface area contributed by atoms with Crippen molar-refractivity contribution in [2.45, 2.75) is 25.5 Å². The molecule has 0 spiro atoms. The van der Waals surface area contributed by atoms with Crippen LogP contribution in [0.4, 0.5) is 0 Å². The molecule has 0 fully saturated rings. The molecule has 0 aliphatic rings. The molecule has 5 nitrogen and oxygen atoms in total. The zero-order valence-electron chi connectivity index (χ0n) is 10.7. The highest BCUT2D eigenvalue weighted by atomic mass is 32.7. The maximum atomic E-state index is 12.7. The topological polar surface area (TPSA) is 57.7 Å². The van der Waals surface area contributed by atoms with Gasteiger partial charge in [0.2, 0.25) is 10.0 Å². The van der Waals surface area contributed by atoms with Crippen LogP contribution in [-0.4, -0.2) is 49.8 Å². The SMILES string of the molecule is CCC(C)SP(=O)(N(C)C)N(C)S(C)(=O)=O. The highest BCUT2D eigenvalue weighted by molar-refractivity contribution is 8.57. The Bertz CT molecular complexity index is 369. The van der Waals surface area contributed by atoms with Gasteiger partial charge < -0.3 is 0 Å². The molecule has 0 N–H and O–H groups in total. The highest BCUT2D eigenvalue weighted by Gasteiger charge is 2.38. The second-order valence-electron chi connectivity index (χ2n) is 3.86. The molecule has 0 aromatic heterocycles. The first-order valence-corrected chi connectivity index (χ1v) is 9.90. The molecule has 0 saturated heterocycles. The van der Waals surface area contributed by atoms with E-state index in [-0.39, 0.29) is 5.25 Å². The van der Waals surface area contributed by atoms with Crippen LogP contribution in [0.3, 0.4) is 0 Å². The number of sulfonamides is 1. The molecule has 0 radical (unpaired) electrons. The lowest BCUT2D eigenvalue weighted by atomic mass is 10.4. The fourth-order valence-electron chi connectivity index (χ4n) is 0.909. The summed E-state index contributed by atoms with van der Waals surface area (Å²) in [5.74, 6) is 0. The van der Waals surface area contributed by atoms with Crippen molar-refractivity contribution in [3.63, 3.8) is 0 Å². The van der Waals surface area contributed by atoms with Gasteiger partial charge in [0.15, 0.2) is 0 Å². The zero-order valence-corrected chi connectivity index (χ0v) is 13.2. The molecule has 0 aromatic carbocycles. The molecule has 0 amide bonds. The molecular formula is C8H21N2O3PS2. The molecule has 98 valence electrons. The van der Waals surface area contributed by atoms with Crippen LogP contribution in [-0.2, 0) is 14.6 Å². The average Bonchev–Trinajstić information content (AvgIpc) is 2.14. The van der Waals surface area contributed by atoms with Gasteiger partial charge in [-0.15, -0.1) is 4.08 Å². The van der Waals surface area contributed by atoms with E-state index in [0.717, 1.165) is 16.8 Å². The molecule has 2 atom stereocenters. The second kappa shape index (κ2) is 5.87. The largest absolute Gasteiger partial charge is 0.284 e. The molecule has 0 aromatic rings. The van der Waals surface area contributed by atoms with Crippen LogP contribution in [0.15, 0.2) is 0 Å². The Morgan fingerprint density at radius 1 is 1.31 bits per heavy atom. The quantitative estimate of drug-likeness (QED) is 0.700. The minimum Gasteiger partial charge on any atom is -0.276 e. The maximum absolute atomic E-state index is 12.7. The Morgan fingerprint density at radius 2 is 1.75 bits per heavy atom. The standard InChI is InChI=1S/C8H21N2O3PS2/c1-7-8(2)15-14(11,9(3)4)10(5)16(6,12)13/h8H,7H2,1-6H3. The van der Waals surface area contributed by atoms with Gasteiger partial charge in [-0.3, -0.25) is 4.57 Å². The Kier molecular flexibility index (Phi) is 6.03. The molecule has 0 heterocycles. The van der Waals surface area contributed by atoms with E-state index in [1.165, 1.54) is 23.1 Å². The van der Waals surface area contributed by atoms with E-state index in [1.54, 1.807) is 14.1 Å². The summed E-state index contributed by atoms with van der Waals surface area (Å²) in [5, 5.41) is 0.150. The smallest absolute Gasteiger partial charge is 0.276 e. The maximum Gasteiger partial charge on any atom is 0.284 e. The zero-order chi connectivity index (χ0) is 13.1. The van der Waals surface area contributed by atoms with Crippen molar-refractivity contribution in [2.24, 2.45) is 0 Å². The van der Waals surface area contributed by atoms with Crippen molar-refractivity contribution >= 4 is 28.1 Å². The minimum atomic E-state index is -3.45. The first-order valence-electron chi connectivity index (χ1n) is 4.96. The lowest BCUT2D eigenvalue weighted by Crippen LogP contribution is -2.28. The fourth-order valence-corrected chi connectivity index (χ4v) is 8.54. The summed E-state index contributed by atoms with van der Waals surface area (Å²) in [6.07, 6.45) is 1.92. The monoisotopic (exact) mass is 288 g/mol. The van der Waals surface area contributed by atoms with Crippen LogP contribution in [0.5, 0.6) is 0 Å². The van der Waals surface area contributed by atoms with Crippen LogP contribution < -0.4 is 0 Å². The summed E-state index contributed by atoms with van der Waals surface area (Å²) in [6, 6.07) is 0. The van der Waals surface area contributed by atoms with Gasteiger partial charge in [0.05, 0.1) is 6.26 Å². The lowest BCUT2D eigenvalue weighted by molar-refractivity contribution is 0.485. The van der Waals surface area contributed by atoms with Crippen molar-refractivity contribution in [1.82, 2.24) is 8.75 Å². The normalized spacial score (nSPS) is 18.8. The number of hydrogen-bond acceptors (Lipinski definition) is 4. The van der Waals surface area contributed by atoms with Crippen molar-refractivity contribution < 1.29 is 13.0 Å². The van der Waals surface area contributed by atoms with Gasteiger partial charge in [-0.05, 0) is 20.5 Å². The Balaban J connectivity index is 5.21. The van der Waals surface area contributed by atoms with E-state index in [2.05, 4.69) is 0 Å². The lowest BCUT2D eigenvalue weighted by Gasteiger charge is -2.32. The van der Waals surface area contributed by atoms with E-state index in [0.29, 0.717) is 0 Å². The van der Waals surface area contributed by atoms with Crippen LogP contribution in [0.1, 0.15) is 20.3 Å². The van der Waals surface area contributed by atoms with E-state index >= 15 is 0 Å². The third-order valence-corrected chi connectivity index (χ3v) is 11.4. The van der Waals surface area contributed by atoms with Crippen LogP contribution in [0, 0.1) is 0 Å². The summed E-state index contributed by atoms with van der Waals surface area (Å²) in [7, 11) is 1.19. The third-order valence-electron chi connectivity index (χ3n) is 2.23. The summed E-state index contributed by atoms with van der Waals surface area (Å²) in [4.78, 5) is 0. The Labute approximate surface area is 103 Å². The minimum absolute atomic E-state index is 0.150. The second-order valence-corrected chi connectivity index (χ2v) is 11.6. The number of nitrogens with zero attached hydrogens (tertiary/aromatic N) is 2. The summed E-state index contributed by atoms with van der Waals surface area (Å²) < 4.78 is 38.1. The molecule has 8 heteroatoms. The molecule has 2 unspecified atom stereocenters. The Hall–Kier alpha value is 0.450. The first-order chi connectivity index (χ1) is 7.05. The van der Waals surface area contributed by atoms with Crippen LogP contribution in [0.25, 0.3) is 0 Å². The van der Waals surface area contributed by atoms with E-state index < -0.39 is 16.7 Å². The third kappa shape index (κ3) is 4.04. The number of rotatable bonds is 6. The van der Waals surface area contributed by atoms with E-state index in [1.807, 2.05) is 13.8 Å². The molecule has 0 saturated carbocycles. The van der Waals surface area contributed by atoms with Gasteiger partial charge in [-0.2, -0.15) is 0 Å². The van der Waals surface area contributed by atoms with E-state index in [9.17, 15) is 13.0 Å². The molecule has 0 aliphatic heterocycles. The van der Waals surface area contributed by atoms with Crippen LogP contribution in [0.2, 0.25) is 0 Å². The Morgan fingerprint density at radius 3 is 2.00 bits per heavy atom. The molecule has 16 heavy (non-hydrogen) atoms. The molecule has 0 bridgehead atoms. The predicted octanol–water partition coefficient (Wildman–Crippen LogP) is 2.08. The van der Waals surface area contributed by atoms with Crippen LogP contribution >= 0.6 is 18.0 Å². The first kappa shape index (κ1) is 16.4. The van der Waals surface area contributed by atoms with Crippen molar-refractivity contribution in [1.29, 1.82) is 0 Å². The molecule has 0 rings (SSSR count). The number of hydrogen-bond donors (Lipinski definition) is 0. The van der Waals surface area contributed by atoms with Crippen molar-refractivity contribution in [3.05, 3.63) is 0 Å². The summed E-state index contributed by atoms with van der Waals surface area (Å²) in [5.41, 5.74) is 0. The van der Waals surface area contributed by atoms with Gasteiger partial charge in [0, 0.05) is 12.3 Å². The summed E-state index contributed by atoms with van der Waals surface area (Å²) in [6.45, 7) is 0.844. The fraction of sp³-hybridized carbons (Fsp3) is 1.00. The van der Waals surface area contributed by atoms with Crippen molar-refractivity contribution in [3.8, 4) is 0 Å².